The summed E-state index contributed by atoms with van der Waals surface area (Å²) in [5.74, 6) is -0.807. The van der Waals surface area contributed by atoms with Gasteiger partial charge in [0.1, 0.15) is 5.00 Å². The molecular weight excluding hydrogens is 236 g/mol. The van der Waals surface area contributed by atoms with Gasteiger partial charge in [-0.3, -0.25) is 4.79 Å². The van der Waals surface area contributed by atoms with Gasteiger partial charge in [-0.1, -0.05) is 12.1 Å². The molecule has 17 heavy (non-hydrogen) atoms. The standard InChI is InChI=1S/C12H14N2O2S/c1-12(2,11(15)16)7-13-10-8-5-3-4-6-9(8)14-17-10/h3-6,13H,7H2,1-2H3,(H,15,16). The van der Waals surface area contributed by atoms with Gasteiger partial charge >= 0.3 is 5.97 Å². The molecule has 0 atom stereocenters. The van der Waals surface area contributed by atoms with E-state index in [-0.39, 0.29) is 0 Å². The normalized spacial score (nSPS) is 11.6. The van der Waals surface area contributed by atoms with Crippen LogP contribution in [0.4, 0.5) is 5.00 Å². The zero-order valence-electron chi connectivity index (χ0n) is 9.73. The van der Waals surface area contributed by atoms with Gasteiger partial charge in [0.15, 0.2) is 0 Å². The number of benzene rings is 1. The third-order valence-corrected chi connectivity index (χ3v) is 3.49. The first-order chi connectivity index (χ1) is 8.00. The van der Waals surface area contributed by atoms with Crippen LogP contribution in [0.2, 0.25) is 0 Å². The second kappa shape index (κ2) is 4.33. The van der Waals surface area contributed by atoms with E-state index < -0.39 is 11.4 Å². The van der Waals surface area contributed by atoms with E-state index in [0.717, 1.165) is 15.9 Å². The lowest BCUT2D eigenvalue weighted by Gasteiger charge is -2.19. The molecule has 1 aromatic heterocycles. The Morgan fingerprint density at radius 1 is 1.47 bits per heavy atom. The summed E-state index contributed by atoms with van der Waals surface area (Å²) in [6, 6.07) is 7.81. The van der Waals surface area contributed by atoms with E-state index in [1.807, 2.05) is 24.3 Å². The van der Waals surface area contributed by atoms with Crippen molar-refractivity contribution in [3.63, 3.8) is 0 Å². The fraction of sp³-hybridized carbons (Fsp3) is 0.333. The fourth-order valence-electron chi connectivity index (χ4n) is 1.39. The van der Waals surface area contributed by atoms with E-state index in [1.54, 1.807) is 13.8 Å². The van der Waals surface area contributed by atoms with Gasteiger partial charge in [-0.05, 0) is 37.5 Å². The topological polar surface area (TPSA) is 62.2 Å². The number of nitrogens with zero attached hydrogens (tertiary/aromatic N) is 1. The summed E-state index contributed by atoms with van der Waals surface area (Å²) in [5.41, 5.74) is 0.151. The van der Waals surface area contributed by atoms with Gasteiger partial charge in [-0.25, -0.2) is 0 Å². The van der Waals surface area contributed by atoms with Gasteiger partial charge in [-0.2, -0.15) is 4.37 Å². The Labute approximate surface area is 103 Å². The molecule has 4 nitrogen and oxygen atoms in total. The van der Waals surface area contributed by atoms with Crippen molar-refractivity contribution in [2.45, 2.75) is 13.8 Å². The molecule has 0 aliphatic heterocycles. The number of carbonyl (C=O) groups is 1. The molecule has 0 amide bonds. The van der Waals surface area contributed by atoms with Gasteiger partial charge in [0.2, 0.25) is 0 Å². The molecular formula is C12H14N2O2S. The van der Waals surface area contributed by atoms with Crippen LogP contribution in [0.5, 0.6) is 0 Å². The first-order valence-corrected chi connectivity index (χ1v) is 6.10. The van der Waals surface area contributed by atoms with E-state index in [2.05, 4.69) is 9.69 Å². The molecule has 2 N–H and O–H groups in total. The predicted octanol–water partition coefficient (Wildman–Crippen LogP) is 2.82. The highest BCUT2D eigenvalue weighted by Crippen LogP contribution is 2.28. The Morgan fingerprint density at radius 3 is 2.88 bits per heavy atom. The molecule has 0 unspecified atom stereocenters. The summed E-state index contributed by atoms with van der Waals surface area (Å²) in [6.07, 6.45) is 0. The third-order valence-electron chi connectivity index (χ3n) is 2.65. The number of aromatic nitrogens is 1. The molecule has 0 spiro atoms. The van der Waals surface area contributed by atoms with Crippen LogP contribution in [0, 0.1) is 5.41 Å². The molecule has 0 radical (unpaired) electrons. The summed E-state index contributed by atoms with van der Waals surface area (Å²) in [6.45, 7) is 3.78. The average Bonchev–Trinajstić information content (AvgIpc) is 2.69. The maximum absolute atomic E-state index is 11.0. The maximum atomic E-state index is 11.0. The molecule has 2 rings (SSSR count). The first-order valence-electron chi connectivity index (χ1n) is 5.32. The fourth-order valence-corrected chi connectivity index (χ4v) is 2.15. The first kappa shape index (κ1) is 11.9. The summed E-state index contributed by atoms with van der Waals surface area (Å²) in [4.78, 5) is 11.0. The van der Waals surface area contributed by atoms with Gasteiger partial charge in [-0.15, -0.1) is 0 Å². The number of nitrogens with one attached hydrogen (secondary N) is 1. The van der Waals surface area contributed by atoms with Crippen molar-refractivity contribution in [2.24, 2.45) is 5.41 Å². The van der Waals surface area contributed by atoms with Crippen molar-refractivity contribution in [3.05, 3.63) is 24.3 Å². The lowest BCUT2D eigenvalue weighted by molar-refractivity contribution is -0.146. The van der Waals surface area contributed by atoms with Crippen LogP contribution >= 0.6 is 11.5 Å². The van der Waals surface area contributed by atoms with Gasteiger partial charge in [0, 0.05) is 11.9 Å². The quantitative estimate of drug-likeness (QED) is 0.876. The Bertz CT molecular complexity index is 548. The highest BCUT2D eigenvalue weighted by atomic mass is 32.1. The minimum Gasteiger partial charge on any atom is -0.481 e. The van der Waals surface area contributed by atoms with Crippen molar-refractivity contribution in [3.8, 4) is 0 Å². The Balaban J connectivity index is 2.17. The monoisotopic (exact) mass is 250 g/mol. The Morgan fingerprint density at radius 2 is 2.18 bits per heavy atom. The second-order valence-corrected chi connectivity index (χ2v) is 5.34. The highest BCUT2D eigenvalue weighted by Gasteiger charge is 2.27. The van der Waals surface area contributed by atoms with E-state index in [4.69, 9.17) is 5.11 Å². The molecule has 1 aromatic carbocycles. The van der Waals surface area contributed by atoms with E-state index in [9.17, 15) is 4.79 Å². The maximum Gasteiger partial charge on any atom is 0.310 e. The van der Waals surface area contributed by atoms with Crippen molar-refractivity contribution < 1.29 is 9.90 Å². The van der Waals surface area contributed by atoms with Gasteiger partial charge in [0.25, 0.3) is 0 Å². The second-order valence-electron chi connectivity index (χ2n) is 4.57. The number of hydrogen-bond donors (Lipinski definition) is 2. The van der Waals surface area contributed by atoms with Crippen molar-refractivity contribution in [1.82, 2.24) is 4.37 Å². The Hall–Kier alpha value is -1.62. The number of rotatable bonds is 4. The minimum atomic E-state index is -0.807. The van der Waals surface area contributed by atoms with Gasteiger partial charge in [0.05, 0.1) is 10.9 Å². The molecule has 0 aliphatic rings. The predicted molar refractivity (Wildman–Crippen MR) is 69.5 cm³/mol. The molecule has 5 heteroatoms. The molecule has 1 heterocycles. The van der Waals surface area contributed by atoms with Crippen LogP contribution < -0.4 is 5.32 Å². The highest BCUT2D eigenvalue weighted by molar-refractivity contribution is 7.11. The number of carboxylic acid groups (broad SMARTS) is 1. The Kier molecular flexibility index (Phi) is 3.02. The number of aliphatic carboxylic acids is 1. The van der Waals surface area contributed by atoms with Crippen LogP contribution in [0.25, 0.3) is 10.9 Å². The van der Waals surface area contributed by atoms with Crippen LogP contribution in [-0.4, -0.2) is 22.0 Å². The summed E-state index contributed by atoms with van der Waals surface area (Å²) >= 11 is 1.36. The summed E-state index contributed by atoms with van der Waals surface area (Å²) in [7, 11) is 0. The van der Waals surface area contributed by atoms with Gasteiger partial charge < -0.3 is 10.4 Å². The van der Waals surface area contributed by atoms with Crippen molar-refractivity contribution in [2.75, 3.05) is 11.9 Å². The number of hydrogen-bond acceptors (Lipinski definition) is 4. The SMILES string of the molecule is CC(C)(CNc1snc2ccccc12)C(=O)O. The lowest BCUT2D eigenvalue weighted by atomic mass is 9.94. The van der Waals surface area contributed by atoms with E-state index in [1.165, 1.54) is 11.5 Å². The largest absolute Gasteiger partial charge is 0.481 e. The minimum absolute atomic E-state index is 0.383. The molecule has 0 saturated carbocycles. The molecule has 0 saturated heterocycles. The third kappa shape index (κ3) is 2.39. The molecule has 90 valence electrons. The number of fused-ring (bicyclic) bond motifs is 1. The van der Waals surface area contributed by atoms with Crippen LogP contribution in [0.15, 0.2) is 24.3 Å². The van der Waals surface area contributed by atoms with Crippen LogP contribution in [0.1, 0.15) is 13.8 Å². The number of carboxylic acids is 1. The van der Waals surface area contributed by atoms with Crippen LogP contribution in [-0.2, 0) is 4.79 Å². The van der Waals surface area contributed by atoms with Crippen LogP contribution in [0.3, 0.4) is 0 Å². The lowest BCUT2D eigenvalue weighted by Crippen LogP contribution is -2.31. The average molecular weight is 250 g/mol. The summed E-state index contributed by atoms with van der Waals surface area (Å²) < 4.78 is 4.30. The molecule has 0 bridgehead atoms. The van der Waals surface area contributed by atoms with Crippen molar-refractivity contribution in [1.29, 1.82) is 0 Å². The molecule has 2 aromatic rings. The zero-order chi connectivity index (χ0) is 12.5. The van der Waals surface area contributed by atoms with E-state index in [0.29, 0.717) is 6.54 Å². The molecule has 0 fully saturated rings. The zero-order valence-corrected chi connectivity index (χ0v) is 10.5. The molecule has 0 aliphatic carbocycles. The van der Waals surface area contributed by atoms with Crippen molar-refractivity contribution >= 4 is 33.4 Å². The summed E-state index contributed by atoms with van der Waals surface area (Å²) in [5, 5.41) is 14.2. The van der Waals surface area contributed by atoms with E-state index >= 15 is 0 Å². The smallest absolute Gasteiger partial charge is 0.310 e. The number of anilines is 1.